The van der Waals surface area contributed by atoms with Gasteiger partial charge in [0.1, 0.15) is 6.04 Å². The zero-order valence-electron chi connectivity index (χ0n) is 9.54. The highest BCUT2D eigenvalue weighted by Gasteiger charge is 2.27. The summed E-state index contributed by atoms with van der Waals surface area (Å²) in [7, 11) is 0. The highest BCUT2D eigenvalue weighted by molar-refractivity contribution is 7.98. The monoisotopic (exact) mass is 229 g/mol. The van der Waals surface area contributed by atoms with Crippen molar-refractivity contribution in [1.82, 2.24) is 10.6 Å². The van der Waals surface area contributed by atoms with Gasteiger partial charge in [-0.05, 0) is 24.3 Å². The molecule has 0 aromatic heterocycles. The molecule has 0 aromatic rings. The van der Waals surface area contributed by atoms with Gasteiger partial charge in [0.25, 0.3) is 0 Å². The van der Waals surface area contributed by atoms with Crippen LogP contribution in [0.3, 0.4) is 0 Å². The summed E-state index contributed by atoms with van der Waals surface area (Å²) in [5.41, 5.74) is 0. The van der Waals surface area contributed by atoms with Gasteiger partial charge in [0, 0.05) is 6.54 Å². The van der Waals surface area contributed by atoms with Gasteiger partial charge >= 0.3 is 0 Å². The van der Waals surface area contributed by atoms with Crippen molar-refractivity contribution in [3.05, 3.63) is 0 Å². The minimum atomic E-state index is -0.0941. The number of amides is 1. The maximum atomic E-state index is 11.5. The molecule has 1 fully saturated rings. The Bertz CT molecular complexity index is 253. The van der Waals surface area contributed by atoms with Gasteiger partial charge in [0.05, 0.1) is 0 Å². The van der Waals surface area contributed by atoms with Crippen molar-refractivity contribution in [2.45, 2.75) is 26.3 Å². The van der Waals surface area contributed by atoms with E-state index in [2.05, 4.69) is 29.5 Å². The summed E-state index contributed by atoms with van der Waals surface area (Å²) in [6.45, 7) is 4.95. The van der Waals surface area contributed by atoms with Crippen LogP contribution in [0.2, 0.25) is 0 Å². The first-order valence-corrected chi connectivity index (χ1v) is 6.63. The van der Waals surface area contributed by atoms with Gasteiger partial charge in [0.15, 0.2) is 5.96 Å². The van der Waals surface area contributed by atoms with Crippen molar-refractivity contribution in [2.24, 2.45) is 10.9 Å². The second-order valence-corrected chi connectivity index (χ2v) is 5.04. The van der Waals surface area contributed by atoms with Crippen molar-refractivity contribution in [2.75, 3.05) is 18.6 Å². The molecule has 86 valence electrons. The summed E-state index contributed by atoms with van der Waals surface area (Å²) >= 11 is 1.75. The van der Waals surface area contributed by atoms with Crippen molar-refractivity contribution in [3.63, 3.8) is 0 Å². The van der Waals surface area contributed by atoms with E-state index in [1.165, 1.54) is 0 Å². The van der Waals surface area contributed by atoms with Crippen LogP contribution in [0.15, 0.2) is 4.99 Å². The van der Waals surface area contributed by atoms with E-state index >= 15 is 0 Å². The van der Waals surface area contributed by atoms with E-state index in [9.17, 15) is 4.79 Å². The Hall–Kier alpha value is -0.710. The third kappa shape index (κ3) is 4.11. The van der Waals surface area contributed by atoms with E-state index < -0.39 is 0 Å². The van der Waals surface area contributed by atoms with Crippen LogP contribution in [0.25, 0.3) is 0 Å². The summed E-state index contributed by atoms with van der Waals surface area (Å²) in [5, 5.41) is 5.87. The fourth-order valence-electron chi connectivity index (χ4n) is 1.27. The number of hydrogen-bond donors (Lipinski definition) is 2. The quantitative estimate of drug-likeness (QED) is 0.734. The molecule has 0 aromatic carbocycles. The number of carbonyl (C=O) groups is 1. The van der Waals surface area contributed by atoms with Gasteiger partial charge in [0.2, 0.25) is 5.91 Å². The predicted molar refractivity (Wildman–Crippen MR) is 65.2 cm³/mol. The normalized spacial score (nSPS) is 23.3. The van der Waals surface area contributed by atoms with E-state index in [1.54, 1.807) is 11.8 Å². The summed E-state index contributed by atoms with van der Waals surface area (Å²) in [6, 6.07) is -0.0941. The van der Waals surface area contributed by atoms with Crippen LogP contribution in [-0.4, -0.2) is 36.5 Å². The lowest BCUT2D eigenvalue weighted by molar-refractivity contribution is -0.120. The van der Waals surface area contributed by atoms with Crippen LogP contribution in [0.5, 0.6) is 0 Å². The molecule has 2 N–H and O–H groups in total. The smallest absolute Gasteiger partial charge is 0.249 e. The fourth-order valence-corrected chi connectivity index (χ4v) is 1.74. The average molecular weight is 229 g/mol. The minimum Gasteiger partial charge on any atom is -0.344 e. The lowest BCUT2D eigenvalue weighted by Gasteiger charge is -2.05. The van der Waals surface area contributed by atoms with E-state index in [4.69, 9.17) is 0 Å². The number of thioether (sulfide) groups is 1. The molecule has 1 unspecified atom stereocenters. The summed E-state index contributed by atoms with van der Waals surface area (Å²) in [4.78, 5) is 15.8. The third-order valence-corrected chi connectivity index (χ3v) is 2.74. The molecule has 1 aliphatic heterocycles. The molecule has 0 spiro atoms. The number of nitrogens with zero attached hydrogens (tertiary/aromatic N) is 1. The number of rotatable bonds is 5. The van der Waals surface area contributed by atoms with E-state index in [0.29, 0.717) is 11.9 Å². The number of aliphatic imine (C=N–C) groups is 1. The van der Waals surface area contributed by atoms with Gasteiger partial charge in [-0.3, -0.25) is 15.1 Å². The zero-order chi connectivity index (χ0) is 11.3. The third-order valence-electron chi connectivity index (χ3n) is 2.09. The standard InChI is InChI=1S/C10H19N3OS/c1-7(2)6-11-10-12-8(4-5-15-3)9(14)13-10/h7-8H,4-6H2,1-3H3,(H2,11,12,13,14). The molecule has 1 heterocycles. The number of carbonyl (C=O) groups excluding carboxylic acids is 1. The number of hydrogen-bond acceptors (Lipinski definition) is 3. The Morgan fingerprint density at radius 1 is 1.53 bits per heavy atom. The predicted octanol–water partition coefficient (Wildman–Crippen LogP) is 0.839. The lowest BCUT2D eigenvalue weighted by atomic mass is 10.2. The largest absolute Gasteiger partial charge is 0.344 e. The van der Waals surface area contributed by atoms with Crippen LogP contribution >= 0.6 is 11.8 Å². The maximum absolute atomic E-state index is 11.5. The molecule has 1 aliphatic rings. The zero-order valence-corrected chi connectivity index (χ0v) is 10.4. The Morgan fingerprint density at radius 2 is 2.27 bits per heavy atom. The minimum absolute atomic E-state index is 0.0477. The highest BCUT2D eigenvalue weighted by atomic mass is 32.2. The van der Waals surface area contributed by atoms with Crippen LogP contribution in [0, 0.1) is 5.92 Å². The van der Waals surface area contributed by atoms with Gasteiger partial charge in [-0.25, -0.2) is 0 Å². The SMILES string of the molecule is CSCCC1NC(=NCC(C)C)NC1=O. The van der Waals surface area contributed by atoms with Crippen LogP contribution in [0.4, 0.5) is 0 Å². The average Bonchev–Trinajstić information content (AvgIpc) is 2.53. The van der Waals surface area contributed by atoms with Crippen molar-refractivity contribution >= 4 is 23.6 Å². The first-order valence-electron chi connectivity index (χ1n) is 5.24. The van der Waals surface area contributed by atoms with Crippen molar-refractivity contribution in [3.8, 4) is 0 Å². The molecule has 0 saturated carbocycles. The molecule has 15 heavy (non-hydrogen) atoms. The Labute approximate surface area is 95.3 Å². The molecule has 0 bridgehead atoms. The summed E-state index contributed by atoms with van der Waals surface area (Å²) in [6.07, 6.45) is 2.90. The summed E-state index contributed by atoms with van der Waals surface area (Å²) in [5.74, 6) is 2.19. The molecule has 4 nitrogen and oxygen atoms in total. The topological polar surface area (TPSA) is 53.5 Å². The van der Waals surface area contributed by atoms with E-state index in [-0.39, 0.29) is 11.9 Å². The van der Waals surface area contributed by atoms with Crippen molar-refractivity contribution < 1.29 is 4.79 Å². The first-order chi connectivity index (χ1) is 7.13. The molecular formula is C10H19N3OS. The van der Waals surface area contributed by atoms with Crippen LogP contribution < -0.4 is 10.6 Å². The Kier molecular flexibility index (Phi) is 4.94. The second kappa shape index (κ2) is 6.00. The molecular weight excluding hydrogens is 210 g/mol. The number of nitrogens with one attached hydrogen (secondary N) is 2. The molecule has 1 saturated heterocycles. The van der Waals surface area contributed by atoms with Gasteiger partial charge < -0.3 is 5.32 Å². The fraction of sp³-hybridized carbons (Fsp3) is 0.800. The lowest BCUT2D eigenvalue weighted by Crippen LogP contribution is -2.30. The molecule has 1 atom stereocenters. The van der Waals surface area contributed by atoms with Crippen molar-refractivity contribution in [1.29, 1.82) is 0 Å². The Balaban J connectivity index is 2.41. The van der Waals surface area contributed by atoms with Gasteiger partial charge in [-0.1, -0.05) is 13.8 Å². The van der Waals surface area contributed by atoms with E-state index in [1.807, 2.05) is 6.26 Å². The molecule has 0 radical (unpaired) electrons. The highest BCUT2D eigenvalue weighted by Crippen LogP contribution is 2.04. The molecule has 1 amide bonds. The second-order valence-electron chi connectivity index (χ2n) is 4.05. The maximum Gasteiger partial charge on any atom is 0.249 e. The van der Waals surface area contributed by atoms with Gasteiger partial charge in [-0.2, -0.15) is 11.8 Å². The summed E-state index contributed by atoms with van der Waals surface area (Å²) < 4.78 is 0. The van der Waals surface area contributed by atoms with E-state index in [0.717, 1.165) is 18.7 Å². The molecule has 1 rings (SSSR count). The van der Waals surface area contributed by atoms with Crippen LogP contribution in [0.1, 0.15) is 20.3 Å². The van der Waals surface area contributed by atoms with Gasteiger partial charge in [-0.15, -0.1) is 0 Å². The molecule has 0 aliphatic carbocycles. The van der Waals surface area contributed by atoms with Crippen LogP contribution in [-0.2, 0) is 4.79 Å². The molecule has 5 heteroatoms. The first kappa shape index (κ1) is 12.4. The number of guanidine groups is 1. The Morgan fingerprint density at radius 3 is 2.87 bits per heavy atom.